The number of nitrogens with zero attached hydrogens (tertiary/aromatic N) is 2. The molecule has 0 amide bonds. The van der Waals surface area contributed by atoms with Crippen LogP contribution in [-0.2, 0) is 6.42 Å². The topological polar surface area (TPSA) is 63.1 Å². The second kappa shape index (κ2) is 4.17. The van der Waals surface area contributed by atoms with Crippen LogP contribution >= 0.6 is 0 Å². The fraction of sp³-hybridized carbons (Fsp3) is 0.500. The van der Waals surface area contributed by atoms with E-state index in [1.54, 1.807) is 6.07 Å². The van der Waals surface area contributed by atoms with Crippen LogP contribution in [0.25, 0.3) is 0 Å². The smallest absolute Gasteiger partial charge is 0.337 e. The fourth-order valence-corrected chi connectivity index (χ4v) is 1.16. The van der Waals surface area contributed by atoms with Gasteiger partial charge in [-0.3, -0.25) is 0 Å². The fourth-order valence-electron chi connectivity index (χ4n) is 1.16. The normalized spacial score (nSPS) is 10.6. The summed E-state index contributed by atoms with van der Waals surface area (Å²) in [5.41, 5.74) is 1.53. The predicted octanol–water partition coefficient (Wildman–Crippen LogP) is 1.86. The highest BCUT2D eigenvalue weighted by molar-refractivity contribution is 5.88. The summed E-state index contributed by atoms with van der Waals surface area (Å²) >= 11 is 0. The van der Waals surface area contributed by atoms with E-state index in [1.807, 2.05) is 20.8 Å². The molecule has 0 aliphatic heterocycles. The molecule has 1 aromatic rings. The van der Waals surface area contributed by atoms with Gasteiger partial charge in [0.2, 0.25) is 0 Å². The summed E-state index contributed by atoms with van der Waals surface area (Å²) in [4.78, 5) is 10.9. The highest BCUT2D eigenvalue weighted by Crippen LogP contribution is 2.14. The third-order valence-electron chi connectivity index (χ3n) is 2.05. The molecule has 4 nitrogen and oxygen atoms in total. The molecule has 0 radical (unpaired) electrons. The first-order chi connectivity index (χ1) is 6.56. The standard InChI is InChI=1S/C10H14N2O2/c1-4-8-7(10(13)14)5-9(6(2)3)12-11-8/h5-6H,4H2,1-3H3,(H,13,14). The van der Waals surface area contributed by atoms with E-state index < -0.39 is 5.97 Å². The van der Waals surface area contributed by atoms with Gasteiger partial charge in [0.15, 0.2) is 0 Å². The van der Waals surface area contributed by atoms with Crippen LogP contribution in [0.2, 0.25) is 0 Å². The predicted molar refractivity (Wildman–Crippen MR) is 52.5 cm³/mol. The van der Waals surface area contributed by atoms with Crippen LogP contribution < -0.4 is 0 Å². The first-order valence-electron chi connectivity index (χ1n) is 4.66. The van der Waals surface area contributed by atoms with Gasteiger partial charge in [0.05, 0.1) is 17.0 Å². The molecule has 1 aromatic heterocycles. The molecular formula is C10H14N2O2. The lowest BCUT2D eigenvalue weighted by Crippen LogP contribution is -2.08. The second-order valence-electron chi connectivity index (χ2n) is 3.44. The number of rotatable bonds is 3. The summed E-state index contributed by atoms with van der Waals surface area (Å²) in [7, 11) is 0. The van der Waals surface area contributed by atoms with E-state index in [9.17, 15) is 4.79 Å². The molecule has 0 aliphatic carbocycles. The minimum Gasteiger partial charge on any atom is -0.478 e. The molecule has 0 fully saturated rings. The molecule has 4 heteroatoms. The van der Waals surface area contributed by atoms with Crippen molar-refractivity contribution in [1.29, 1.82) is 0 Å². The Hall–Kier alpha value is -1.45. The Morgan fingerprint density at radius 2 is 2.14 bits per heavy atom. The minimum atomic E-state index is -0.932. The Labute approximate surface area is 83.0 Å². The van der Waals surface area contributed by atoms with Crippen molar-refractivity contribution in [2.45, 2.75) is 33.1 Å². The van der Waals surface area contributed by atoms with Crippen molar-refractivity contribution in [2.24, 2.45) is 0 Å². The molecule has 1 heterocycles. The SMILES string of the molecule is CCc1nnc(C(C)C)cc1C(=O)O. The van der Waals surface area contributed by atoms with E-state index in [0.717, 1.165) is 5.69 Å². The number of hydrogen-bond donors (Lipinski definition) is 1. The summed E-state index contributed by atoms with van der Waals surface area (Å²) in [6, 6.07) is 1.61. The average molecular weight is 194 g/mol. The molecule has 14 heavy (non-hydrogen) atoms. The van der Waals surface area contributed by atoms with Crippen LogP contribution in [0.1, 0.15) is 48.4 Å². The van der Waals surface area contributed by atoms with E-state index in [-0.39, 0.29) is 11.5 Å². The maximum atomic E-state index is 10.9. The van der Waals surface area contributed by atoms with Crippen LogP contribution in [-0.4, -0.2) is 21.3 Å². The van der Waals surface area contributed by atoms with Gasteiger partial charge in [-0.15, -0.1) is 0 Å². The summed E-state index contributed by atoms with van der Waals surface area (Å²) < 4.78 is 0. The van der Waals surface area contributed by atoms with Gasteiger partial charge in [0.25, 0.3) is 0 Å². The Balaban J connectivity index is 3.21. The largest absolute Gasteiger partial charge is 0.478 e. The molecule has 0 unspecified atom stereocenters. The Kier molecular flexibility index (Phi) is 3.17. The molecule has 0 aliphatic rings. The van der Waals surface area contributed by atoms with Crippen molar-refractivity contribution in [2.75, 3.05) is 0 Å². The van der Waals surface area contributed by atoms with Crippen molar-refractivity contribution in [3.63, 3.8) is 0 Å². The minimum absolute atomic E-state index is 0.200. The quantitative estimate of drug-likeness (QED) is 0.797. The van der Waals surface area contributed by atoms with Crippen LogP contribution in [0.4, 0.5) is 0 Å². The molecule has 1 N–H and O–H groups in total. The van der Waals surface area contributed by atoms with Crippen LogP contribution in [0.3, 0.4) is 0 Å². The lowest BCUT2D eigenvalue weighted by atomic mass is 10.1. The number of carboxylic acids is 1. The van der Waals surface area contributed by atoms with Crippen molar-refractivity contribution in [3.05, 3.63) is 23.0 Å². The molecule has 0 bridgehead atoms. The number of aromatic carboxylic acids is 1. The lowest BCUT2D eigenvalue weighted by molar-refractivity contribution is 0.0694. The Morgan fingerprint density at radius 3 is 2.57 bits per heavy atom. The summed E-state index contributed by atoms with van der Waals surface area (Å²) in [5, 5.41) is 16.8. The Bertz CT molecular complexity index is 348. The third-order valence-corrected chi connectivity index (χ3v) is 2.05. The van der Waals surface area contributed by atoms with Gasteiger partial charge in [-0.2, -0.15) is 10.2 Å². The monoisotopic (exact) mass is 194 g/mol. The summed E-state index contributed by atoms with van der Waals surface area (Å²) in [6.45, 7) is 5.79. The molecule has 0 saturated carbocycles. The number of carboxylic acid groups (broad SMARTS) is 1. The first kappa shape index (κ1) is 10.6. The van der Waals surface area contributed by atoms with E-state index in [0.29, 0.717) is 12.1 Å². The molecule has 0 aromatic carbocycles. The second-order valence-corrected chi connectivity index (χ2v) is 3.44. The summed E-state index contributed by atoms with van der Waals surface area (Å²) in [5.74, 6) is -0.731. The van der Waals surface area contributed by atoms with Gasteiger partial charge >= 0.3 is 5.97 Å². The van der Waals surface area contributed by atoms with Gasteiger partial charge in [0.1, 0.15) is 0 Å². The average Bonchev–Trinajstić information content (AvgIpc) is 2.16. The van der Waals surface area contributed by atoms with Gasteiger partial charge in [-0.1, -0.05) is 20.8 Å². The Morgan fingerprint density at radius 1 is 1.50 bits per heavy atom. The van der Waals surface area contributed by atoms with Crippen molar-refractivity contribution in [1.82, 2.24) is 10.2 Å². The van der Waals surface area contributed by atoms with Crippen molar-refractivity contribution in [3.8, 4) is 0 Å². The van der Waals surface area contributed by atoms with Gasteiger partial charge in [-0.05, 0) is 18.4 Å². The maximum Gasteiger partial charge on any atom is 0.337 e. The zero-order valence-electron chi connectivity index (χ0n) is 8.61. The highest BCUT2D eigenvalue weighted by atomic mass is 16.4. The van der Waals surface area contributed by atoms with Gasteiger partial charge < -0.3 is 5.11 Å². The van der Waals surface area contributed by atoms with E-state index in [2.05, 4.69) is 10.2 Å². The van der Waals surface area contributed by atoms with Crippen LogP contribution in [0.5, 0.6) is 0 Å². The number of carbonyl (C=O) groups is 1. The maximum absolute atomic E-state index is 10.9. The molecule has 0 saturated heterocycles. The molecule has 0 spiro atoms. The molecular weight excluding hydrogens is 180 g/mol. The highest BCUT2D eigenvalue weighted by Gasteiger charge is 2.13. The lowest BCUT2D eigenvalue weighted by Gasteiger charge is -2.06. The number of aromatic nitrogens is 2. The molecule has 1 rings (SSSR count). The third kappa shape index (κ3) is 2.07. The number of aryl methyl sites for hydroxylation is 1. The van der Waals surface area contributed by atoms with Crippen LogP contribution in [0, 0.1) is 0 Å². The van der Waals surface area contributed by atoms with Crippen LogP contribution in [0.15, 0.2) is 6.07 Å². The van der Waals surface area contributed by atoms with Gasteiger partial charge in [-0.25, -0.2) is 4.79 Å². The molecule has 76 valence electrons. The van der Waals surface area contributed by atoms with E-state index in [4.69, 9.17) is 5.11 Å². The van der Waals surface area contributed by atoms with E-state index >= 15 is 0 Å². The zero-order valence-corrected chi connectivity index (χ0v) is 8.61. The zero-order chi connectivity index (χ0) is 10.7. The van der Waals surface area contributed by atoms with Crippen molar-refractivity contribution >= 4 is 5.97 Å². The number of hydrogen-bond acceptors (Lipinski definition) is 3. The first-order valence-corrected chi connectivity index (χ1v) is 4.66. The van der Waals surface area contributed by atoms with Crippen molar-refractivity contribution < 1.29 is 9.90 Å². The van der Waals surface area contributed by atoms with Gasteiger partial charge in [0, 0.05) is 0 Å². The molecule has 0 atom stereocenters. The van der Waals surface area contributed by atoms with E-state index in [1.165, 1.54) is 0 Å². The summed E-state index contributed by atoms with van der Waals surface area (Å²) in [6.07, 6.45) is 0.590.